The minimum atomic E-state index is -4.73. The first-order valence-corrected chi connectivity index (χ1v) is 6.37. The van der Waals surface area contributed by atoms with E-state index in [0.717, 1.165) is 6.42 Å². The lowest BCUT2D eigenvalue weighted by molar-refractivity contribution is -0.274. The summed E-state index contributed by atoms with van der Waals surface area (Å²) in [7, 11) is 0. The van der Waals surface area contributed by atoms with Crippen molar-refractivity contribution in [2.45, 2.75) is 26.1 Å². The van der Waals surface area contributed by atoms with E-state index in [1.54, 1.807) is 6.07 Å². The Labute approximate surface area is 119 Å². The van der Waals surface area contributed by atoms with Gasteiger partial charge in [-0.3, -0.25) is 0 Å². The van der Waals surface area contributed by atoms with Crippen LogP contribution in [-0.2, 0) is 6.42 Å². The zero-order valence-electron chi connectivity index (χ0n) is 11.3. The Morgan fingerprint density at radius 2 is 1.95 bits per heavy atom. The second-order valence-corrected chi connectivity index (χ2v) is 4.42. The van der Waals surface area contributed by atoms with Crippen molar-refractivity contribution in [3.05, 3.63) is 36.2 Å². The number of aromatic nitrogens is 2. The molecule has 112 valence electrons. The van der Waals surface area contributed by atoms with Gasteiger partial charge in [-0.05, 0) is 18.6 Å². The predicted octanol–water partition coefficient (Wildman–Crippen LogP) is 3.58. The fraction of sp³-hybridized carbons (Fsp3) is 0.286. The van der Waals surface area contributed by atoms with Crippen molar-refractivity contribution >= 4 is 5.82 Å². The summed E-state index contributed by atoms with van der Waals surface area (Å²) in [5.74, 6) is 0.550. The van der Waals surface area contributed by atoms with Crippen molar-refractivity contribution in [2.75, 3.05) is 5.73 Å². The largest absolute Gasteiger partial charge is 0.573 e. The third kappa shape index (κ3) is 4.34. The summed E-state index contributed by atoms with van der Waals surface area (Å²) < 4.78 is 40.6. The molecule has 0 saturated heterocycles. The zero-order valence-corrected chi connectivity index (χ0v) is 11.3. The van der Waals surface area contributed by atoms with Crippen LogP contribution in [0, 0.1) is 0 Å². The summed E-state index contributed by atoms with van der Waals surface area (Å²) in [6, 6.07) is 7.13. The van der Waals surface area contributed by atoms with Crippen LogP contribution in [0.3, 0.4) is 0 Å². The average molecular weight is 297 g/mol. The standard InChI is InChI=1S/C14H14F3N3O/c1-2-4-13-19-11(8-12(18)20-13)9-5-3-6-10(7-9)21-14(15,16)17/h3,5-8H,2,4H2,1H3,(H2,18,19,20). The highest BCUT2D eigenvalue weighted by molar-refractivity contribution is 5.63. The molecule has 0 saturated carbocycles. The van der Waals surface area contributed by atoms with Gasteiger partial charge in [0.2, 0.25) is 0 Å². The van der Waals surface area contributed by atoms with Gasteiger partial charge in [-0.2, -0.15) is 0 Å². The summed E-state index contributed by atoms with van der Waals surface area (Å²) in [6.45, 7) is 1.98. The van der Waals surface area contributed by atoms with Gasteiger partial charge in [-0.1, -0.05) is 19.1 Å². The molecule has 1 aromatic carbocycles. The van der Waals surface area contributed by atoms with Crippen LogP contribution in [0.25, 0.3) is 11.3 Å². The third-order valence-corrected chi connectivity index (χ3v) is 2.63. The van der Waals surface area contributed by atoms with Crippen LogP contribution in [0.2, 0.25) is 0 Å². The van der Waals surface area contributed by atoms with E-state index in [0.29, 0.717) is 23.5 Å². The smallest absolute Gasteiger partial charge is 0.406 e. The number of benzene rings is 1. The molecule has 7 heteroatoms. The minimum Gasteiger partial charge on any atom is -0.406 e. The van der Waals surface area contributed by atoms with E-state index in [9.17, 15) is 13.2 Å². The second-order valence-electron chi connectivity index (χ2n) is 4.42. The molecule has 21 heavy (non-hydrogen) atoms. The van der Waals surface area contributed by atoms with Gasteiger partial charge in [-0.15, -0.1) is 13.2 Å². The van der Waals surface area contributed by atoms with Crippen molar-refractivity contribution < 1.29 is 17.9 Å². The van der Waals surface area contributed by atoms with E-state index in [2.05, 4.69) is 14.7 Å². The number of rotatable bonds is 4. The SMILES string of the molecule is CCCc1nc(N)cc(-c2cccc(OC(F)(F)F)c2)n1. The van der Waals surface area contributed by atoms with Gasteiger partial charge in [0.1, 0.15) is 17.4 Å². The Hall–Kier alpha value is -2.31. The first-order valence-electron chi connectivity index (χ1n) is 6.37. The van der Waals surface area contributed by atoms with E-state index < -0.39 is 6.36 Å². The monoisotopic (exact) mass is 297 g/mol. The third-order valence-electron chi connectivity index (χ3n) is 2.63. The number of hydrogen-bond acceptors (Lipinski definition) is 4. The summed E-state index contributed by atoms with van der Waals surface area (Å²) in [4.78, 5) is 8.39. The Kier molecular flexibility index (Phi) is 4.30. The molecule has 2 aromatic rings. The van der Waals surface area contributed by atoms with Crippen LogP contribution in [0.5, 0.6) is 5.75 Å². The summed E-state index contributed by atoms with van der Waals surface area (Å²) in [5, 5.41) is 0. The lowest BCUT2D eigenvalue weighted by atomic mass is 10.1. The molecule has 2 rings (SSSR count). The van der Waals surface area contributed by atoms with Gasteiger partial charge in [0.25, 0.3) is 0 Å². The average Bonchev–Trinajstić information content (AvgIpc) is 2.36. The van der Waals surface area contributed by atoms with Crippen LogP contribution < -0.4 is 10.5 Å². The highest BCUT2D eigenvalue weighted by Gasteiger charge is 2.31. The van der Waals surface area contributed by atoms with E-state index in [1.807, 2.05) is 6.92 Å². The second kappa shape index (κ2) is 5.99. The Morgan fingerprint density at radius 3 is 2.62 bits per heavy atom. The molecule has 0 unspecified atom stereocenters. The Bertz CT molecular complexity index is 629. The van der Waals surface area contributed by atoms with Gasteiger partial charge in [0.05, 0.1) is 5.69 Å². The fourth-order valence-corrected chi connectivity index (χ4v) is 1.85. The van der Waals surface area contributed by atoms with E-state index >= 15 is 0 Å². The Balaban J connectivity index is 2.35. The fourth-order valence-electron chi connectivity index (χ4n) is 1.85. The van der Waals surface area contributed by atoms with E-state index in [-0.39, 0.29) is 11.6 Å². The molecule has 0 aliphatic heterocycles. The summed E-state index contributed by atoms with van der Waals surface area (Å²) >= 11 is 0. The van der Waals surface area contributed by atoms with Crippen LogP contribution in [0.4, 0.5) is 19.0 Å². The van der Waals surface area contributed by atoms with Gasteiger partial charge in [-0.25, -0.2) is 9.97 Å². The van der Waals surface area contributed by atoms with Crippen molar-refractivity contribution in [1.29, 1.82) is 0 Å². The molecule has 1 heterocycles. The molecular formula is C14H14F3N3O. The van der Waals surface area contributed by atoms with Crippen LogP contribution in [-0.4, -0.2) is 16.3 Å². The molecule has 1 aromatic heterocycles. The lowest BCUT2D eigenvalue weighted by Gasteiger charge is -2.10. The number of halogens is 3. The van der Waals surface area contributed by atoms with Gasteiger partial charge < -0.3 is 10.5 Å². The summed E-state index contributed by atoms with van der Waals surface area (Å²) in [5.41, 5.74) is 6.66. The highest BCUT2D eigenvalue weighted by Crippen LogP contribution is 2.27. The van der Waals surface area contributed by atoms with Crippen LogP contribution in [0.1, 0.15) is 19.2 Å². The van der Waals surface area contributed by atoms with Crippen molar-refractivity contribution in [2.24, 2.45) is 0 Å². The number of nitrogen functional groups attached to an aromatic ring is 1. The molecule has 0 bridgehead atoms. The van der Waals surface area contributed by atoms with Crippen molar-refractivity contribution in [3.8, 4) is 17.0 Å². The number of anilines is 1. The van der Waals surface area contributed by atoms with Crippen LogP contribution >= 0.6 is 0 Å². The minimum absolute atomic E-state index is 0.283. The number of hydrogen-bond donors (Lipinski definition) is 1. The molecule has 0 aliphatic carbocycles. The molecule has 0 amide bonds. The number of nitrogens with two attached hydrogens (primary N) is 1. The van der Waals surface area contributed by atoms with E-state index in [4.69, 9.17) is 5.73 Å². The molecule has 4 nitrogen and oxygen atoms in total. The summed E-state index contributed by atoms with van der Waals surface area (Å²) in [6.07, 6.45) is -3.23. The first-order chi connectivity index (χ1) is 9.87. The molecular weight excluding hydrogens is 283 g/mol. The van der Waals surface area contributed by atoms with Gasteiger partial charge in [0.15, 0.2) is 0 Å². The van der Waals surface area contributed by atoms with Gasteiger partial charge >= 0.3 is 6.36 Å². The normalized spacial score (nSPS) is 11.4. The molecule has 0 fully saturated rings. The quantitative estimate of drug-likeness (QED) is 0.937. The highest BCUT2D eigenvalue weighted by atomic mass is 19.4. The molecule has 2 N–H and O–H groups in total. The number of ether oxygens (including phenoxy) is 1. The first kappa shape index (κ1) is 15.1. The maximum absolute atomic E-state index is 12.2. The van der Waals surface area contributed by atoms with Crippen LogP contribution in [0.15, 0.2) is 30.3 Å². The zero-order chi connectivity index (χ0) is 15.5. The lowest BCUT2D eigenvalue weighted by Crippen LogP contribution is -2.17. The van der Waals surface area contributed by atoms with E-state index in [1.165, 1.54) is 24.3 Å². The topological polar surface area (TPSA) is 61.0 Å². The number of aryl methyl sites for hydroxylation is 1. The van der Waals surface area contributed by atoms with Crippen molar-refractivity contribution in [1.82, 2.24) is 9.97 Å². The number of alkyl halides is 3. The van der Waals surface area contributed by atoms with Crippen molar-refractivity contribution in [3.63, 3.8) is 0 Å². The predicted molar refractivity (Wildman–Crippen MR) is 72.6 cm³/mol. The Morgan fingerprint density at radius 1 is 1.19 bits per heavy atom. The molecule has 0 aliphatic rings. The number of nitrogens with zero attached hydrogens (tertiary/aromatic N) is 2. The molecule has 0 atom stereocenters. The molecule has 0 spiro atoms. The van der Waals surface area contributed by atoms with Gasteiger partial charge in [0, 0.05) is 18.1 Å². The maximum atomic E-state index is 12.2. The molecule has 0 radical (unpaired) electrons. The maximum Gasteiger partial charge on any atom is 0.573 e.